The lowest BCUT2D eigenvalue weighted by atomic mass is 10.0. The minimum atomic E-state index is -0.930. The SMILES string of the molecule is Nc1nc(CC(=O)N2CCCC[C@@H]2C(=O)O)cs1. The van der Waals surface area contributed by atoms with Crippen LogP contribution in [0.4, 0.5) is 5.13 Å². The molecule has 1 aliphatic heterocycles. The molecule has 2 rings (SSSR count). The number of likely N-dealkylation sites (tertiary alicyclic amines) is 1. The van der Waals surface area contributed by atoms with Crippen LogP contribution in [0.3, 0.4) is 0 Å². The molecule has 0 spiro atoms. The van der Waals surface area contributed by atoms with Gasteiger partial charge >= 0.3 is 5.97 Å². The summed E-state index contributed by atoms with van der Waals surface area (Å²) < 4.78 is 0. The number of amides is 1. The molecule has 18 heavy (non-hydrogen) atoms. The first kappa shape index (κ1) is 12.8. The van der Waals surface area contributed by atoms with Gasteiger partial charge in [0.15, 0.2) is 5.13 Å². The molecule has 0 unspecified atom stereocenters. The highest BCUT2D eigenvalue weighted by molar-refractivity contribution is 7.13. The van der Waals surface area contributed by atoms with Gasteiger partial charge < -0.3 is 15.7 Å². The van der Waals surface area contributed by atoms with E-state index in [1.54, 1.807) is 5.38 Å². The van der Waals surface area contributed by atoms with Gasteiger partial charge in [-0.25, -0.2) is 9.78 Å². The zero-order valence-electron chi connectivity index (χ0n) is 9.83. The number of carbonyl (C=O) groups is 2. The topological polar surface area (TPSA) is 96.5 Å². The summed E-state index contributed by atoms with van der Waals surface area (Å²) in [5.41, 5.74) is 6.11. The highest BCUT2D eigenvalue weighted by Crippen LogP contribution is 2.19. The predicted octanol–water partition coefficient (Wildman–Crippen LogP) is 0.733. The maximum absolute atomic E-state index is 12.1. The van der Waals surface area contributed by atoms with Gasteiger partial charge in [-0.3, -0.25) is 4.79 Å². The molecule has 3 N–H and O–H groups in total. The Morgan fingerprint density at radius 3 is 2.94 bits per heavy atom. The van der Waals surface area contributed by atoms with Crippen LogP contribution in [0.1, 0.15) is 25.0 Å². The summed E-state index contributed by atoms with van der Waals surface area (Å²) in [4.78, 5) is 28.6. The molecule has 0 saturated carbocycles. The lowest BCUT2D eigenvalue weighted by molar-refractivity contribution is -0.151. The van der Waals surface area contributed by atoms with Crippen molar-refractivity contribution >= 4 is 28.3 Å². The van der Waals surface area contributed by atoms with Crippen molar-refractivity contribution in [3.63, 3.8) is 0 Å². The number of carbonyl (C=O) groups excluding carboxylic acids is 1. The predicted molar refractivity (Wildman–Crippen MR) is 67.2 cm³/mol. The fourth-order valence-electron chi connectivity index (χ4n) is 2.15. The van der Waals surface area contributed by atoms with Crippen molar-refractivity contribution in [2.45, 2.75) is 31.7 Å². The van der Waals surface area contributed by atoms with Crippen molar-refractivity contribution in [1.29, 1.82) is 0 Å². The second-order valence-corrected chi connectivity index (χ2v) is 5.18. The van der Waals surface area contributed by atoms with Crippen LogP contribution < -0.4 is 5.73 Å². The number of carboxylic acid groups (broad SMARTS) is 1. The quantitative estimate of drug-likeness (QED) is 0.843. The van der Waals surface area contributed by atoms with Gasteiger partial charge in [-0.1, -0.05) is 0 Å². The minimum absolute atomic E-state index is 0.123. The number of hydrogen-bond donors (Lipinski definition) is 2. The summed E-state index contributed by atoms with van der Waals surface area (Å²) in [5.74, 6) is -1.12. The molecule has 1 saturated heterocycles. The van der Waals surface area contributed by atoms with Crippen LogP contribution in [0.5, 0.6) is 0 Å². The Labute approximate surface area is 108 Å². The van der Waals surface area contributed by atoms with Crippen molar-refractivity contribution in [3.8, 4) is 0 Å². The highest BCUT2D eigenvalue weighted by Gasteiger charge is 2.31. The maximum atomic E-state index is 12.1. The van der Waals surface area contributed by atoms with Crippen LogP contribution in [-0.4, -0.2) is 39.5 Å². The molecule has 0 radical (unpaired) electrons. The van der Waals surface area contributed by atoms with E-state index in [1.807, 2.05) is 0 Å². The standard InChI is InChI=1S/C11H15N3O3S/c12-11-13-7(6-18-11)5-9(15)14-4-2-1-3-8(14)10(16)17/h6,8H,1-5H2,(H2,12,13)(H,16,17)/t8-/m1/s1. The van der Waals surface area contributed by atoms with Crippen LogP contribution in [0, 0.1) is 0 Å². The molecular weight excluding hydrogens is 254 g/mol. The van der Waals surface area contributed by atoms with Crippen LogP contribution >= 0.6 is 11.3 Å². The van der Waals surface area contributed by atoms with Gasteiger partial charge in [-0.2, -0.15) is 0 Å². The maximum Gasteiger partial charge on any atom is 0.326 e. The monoisotopic (exact) mass is 269 g/mol. The van der Waals surface area contributed by atoms with Crippen molar-refractivity contribution in [3.05, 3.63) is 11.1 Å². The van der Waals surface area contributed by atoms with Crippen molar-refractivity contribution < 1.29 is 14.7 Å². The zero-order chi connectivity index (χ0) is 13.1. The average molecular weight is 269 g/mol. The number of piperidine rings is 1. The summed E-state index contributed by atoms with van der Waals surface area (Å²) in [6.45, 7) is 0.509. The molecular formula is C11H15N3O3S. The number of rotatable bonds is 3. The molecule has 1 aliphatic rings. The minimum Gasteiger partial charge on any atom is -0.480 e. The summed E-state index contributed by atoms with van der Waals surface area (Å²) >= 11 is 1.28. The Kier molecular flexibility index (Phi) is 3.81. The van der Waals surface area contributed by atoms with E-state index in [0.717, 1.165) is 12.8 Å². The van der Waals surface area contributed by atoms with E-state index in [9.17, 15) is 9.59 Å². The van der Waals surface area contributed by atoms with E-state index in [0.29, 0.717) is 23.8 Å². The Hall–Kier alpha value is -1.63. The number of nitrogens with zero attached hydrogens (tertiary/aromatic N) is 2. The van der Waals surface area contributed by atoms with Crippen LogP contribution in [-0.2, 0) is 16.0 Å². The number of thiazole rings is 1. The van der Waals surface area contributed by atoms with Crippen molar-refractivity contribution in [2.75, 3.05) is 12.3 Å². The largest absolute Gasteiger partial charge is 0.480 e. The summed E-state index contributed by atoms with van der Waals surface area (Å²) in [6, 6.07) is -0.692. The molecule has 7 heteroatoms. The lowest BCUT2D eigenvalue weighted by Gasteiger charge is -2.32. The molecule has 2 heterocycles. The number of hydrogen-bond acceptors (Lipinski definition) is 5. The average Bonchev–Trinajstić information content (AvgIpc) is 2.74. The molecule has 0 bridgehead atoms. The third-order valence-corrected chi connectivity index (χ3v) is 3.73. The van der Waals surface area contributed by atoms with Gasteiger partial charge in [0.05, 0.1) is 12.1 Å². The first-order chi connectivity index (χ1) is 8.58. The van der Waals surface area contributed by atoms with Crippen LogP contribution in [0.25, 0.3) is 0 Å². The fraction of sp³-hybridized carbons (Fsp3) is 0.545. The van der Waals surface area contributed by atoms with Crippen LogP contribution in [0.15, 0.2) is 5.38 Å². The molecule has 1 fully saturated rings. The second kappa shape index (κ2) is 5.34. The van der Waals surface area contributed by atoms with Gasteiger partial charge in [0.25, 0.3) is 0 Å². The first-order valence-electron chi connectivity index (χ1n) is 5.80. The summed E-state index contributed by atoms with van der Waals surface area (Å²) in [7, 11) is 0. The molecule has 0 aliphatic carbocycles. The van der Waals surface area contributed by atoms with E-state index >= 15 is 0 Å². The summed E-state index contributed by atoms with van der Waals surface area (Å²) in [5, 5.41) is 11.3. The Balaban J connectivity index is 2.04. The van der Waals surface area contributed by atoms with Gasteiger partial charge in [0.2, 0.25) is 5.91 Å². The van der Waals surface area contributed by atoms with Gasteiger partial charge in [0.1, 0.15) is 6.04 Å². The van der Waals surface area contributed by atoms with Gasteiger partial charge in [-0.05, 0) is 19.3 Å². The van der Waals surface area contributed by atoms with E-state index in [4.69, 9.17) is 10.8 Å². The van der Waals surface area contributed by atoms with Gasteiger partial charge in [0, 0.05) is 11.9 Å². The second-order valence-electron chi connectivity index (χ2n) is 4.29. The number of aromatic nitrogens is 1. The van der Waals surface area contributed by atoms with Crippen molar-refractivity contribution in [2.24, 2.45) is 0 Å². The third kappa shape index (κ3) is 2.79. The third-order valence-electron chi connectivity index (χ3n) is 3.01. The van der Waals surface area contributed by atoms with E-state index in [2.05, 4.69) is 4.98 Å². The zero-order valence-corrected chi connectivity index (χ0v) is 10.7. The van der Waals surface area contributed by atoms with E-state index in [1.165, 1.54) is 16.2 Å². The highest BCUT2D eigenvalue weighted by atomic mass is 32.1. The van der Waals surface area contributed by atoms with E-state index in [-0.39, 0.29) is 12.3 Å². The molecule has 0 aromatic carbocycles. The number of carboxylic acids is 1. The molecule has 1 amide bonds. The molecule has 1 aromatic rings. The molecule has 1 aromatic heterocycles. The fourth-order valence-corrected chi connectivity index (χ4v) is 2.71. The van der Waals surface area contributed by atoms with Crippen LogP contribution in [0.2, 0.25) is 0 Å². The summed E-state index contributed by atoms with van der Waals surface area (Å²) in [6.07, 6.45) is 2.36. The number of nitrogen functional groups attached to an aromatic ring is 1. The first-order valence-corrected chi connectivity index (χ1v) is 6.68. The molecule has 6 nitrogen and oxygen atoms in total. The molecule has 1 atom stereocenters. The number of nitrogens with two attached hydrogens (primary N) is 1. The number of aliphatic carboxylic acids is 1. The molecule has 98 valence electrons. The Bertz CT molecular complexity index is 460. The van der Waals surface area contributed by atoms with Crippen molar-refractivity contribution in [1.82, 2.24) is 9.88 Å². The normalized spacial score (nSPS) is 19.8. The van der Waals surface area contributed by atoms with Gasteiger partial charge in [-0.15, -0.1) is 11.3 Å². The Morgan fingerprint density at radius 1 is 1.56 bits per heavy atom. The lowest BCUT2D eigenvalue weighted by Crippen LogP contribution is -2.48. The Morgan fingerprint density at radius 2 is 2.33 bits per heavy atom. The number of anilines is 1. The smallest absolute Gasteiger partial charge is 0.326 e. The van der Waals surface area contributed by atoms with E-state index < -0.39 is 12.0 Å².